The molecule has 2 aromatic heterocycles. The van der Waals surface area contributed by atoms with E-state index in [0.717, 1.165) is 19.8 Å². The van der Waals surface area contributed by atoms with Crippen LogP contribution in [-0.2, 0) is 5.92 Å². The molecule has 1 fully saturated rings. The minimum Gasteiger partial charge on any atom is -0.394 e. The molecule has 1 unspecified atom stereocenters. The molecular formula is C15H15BrF2N2O2. The summed E-state index contributed by atoms with van der Waals surface area (Å²) in [5.74, 6) is -2.77. The molecule has 3 rings (SSSR count). The van der Waals surface area contributed by atoms with Crippen LogP contribution in [0.2, 0.25) is 0 Å². The normalized spacial score (nSPS) is 17.0. The predicted molar refractivity (Wildman–Crippen MR) is 82.1 cm³/mol. The van der Waals surface area contributed by atoms with Gasteiger partial charge in [0.2, 0.25) is 0 Å². The first-order chi connectivity index (χ1) is 10.3. The lowest BCUT2D eigenvalue weighted by atomic mass is 10.1. The van der Waals surface area contributed by atoms with E-state index in [0.29, 0.717) is 10.4 Å². The van der Waals surface area contributed by atoms with Crippen molar-refractivity contribution in [1.29, 1.82) is 0 Å². The highest BCUT2D eigenvalue weighted by Crippen LogP contribution is 2.39. The predicted octanol–water partition coefficient (Wildman–Crippen LogP) is 3.21. The molecule has 4 nitrogen and oxygen atoms in total. The summed E-state index contributed by atoms with van der Waals surface area (Å²) >= 11 is 3.30. The lowest BCUT2D eigenvalue weighted by molar-refractivity contribution is 0.0131. The molecule has 0 amide bonds. The van der Waals surface area contributed by atoms with Crippen molar-refractivity contribution in [1.82, 2.24) is 9.55 Å². The van der Waals surface area contributed by atoms with Crippen molar-refractivity contribution in [3.8, 4) is 0 Å². The van der Waals surface area contributed by atoms with Crippen LogP contribution >= 0.6 is 15.9 Å². The van der Waals surface area contributed by atoms with E-state index in [1.807, 2.05) is 0 Å². The standard InChI is InChI=1S/C15H15BrF2N2O2/c1-15(17,18)12-5-4-9-13(19-12)10(16)6-20(14(9)22)11(7-21)8-2-3-8/h4-6,8,11,21H,2-3,7H2,1H3. The van der Waals surface area contributed by atoms with Crippen molar-refractivity contribution in [3.05, 3.63) is 38.9 Å². The number of fused-ring (bicyclic) bond motifs is 1. The molecule has 2 heterocycles. The summed E-state index contributed by atoms with van der Waals surface area (Å²) in [5.41, 5.74) is -0.478. The first-order valence-corrected chi connectivity index (χ1v) is 7.82. The van der Waals surface area contributed by atoms with Crippen LogP contribution in [0.3, 0.4) is 0 Å². The minimum atomic E-state index is -3.07. The molecule has 1 N–H and O–H groups in total. The molecule has 0 spiro atoms. The molecular weight excluding hydrogens is 358 g/mol. The molecule has 118 valence electrons. The molecule has 0 bridgehead atoms. The second-order valence-corrected chi connectivity index (χ2v) is 6.61. The van der Waals surface area contributed by atoms with Crippen LogP contribution < -0.4 is 5.56 Å². The van der Waals surface area contributed by atoms with Gasteiger partial charge in [0.05, 0.1) is 28.0 Å². The molecule has 22 heavy (non-hydrogen) atoms. The second kappa shape index (κ2) is 5.38. The smallest absolute Gasteiger partial charge is 0.286 e. The van der Waals surface area contributed by atoms with E-state index in [1.54, 1.807) is 0 Å². The number of hydrogen-bond donors (Lipinski definition) is 1. The summed E-state index contributed by atoms with van der Waals surface area (Å²) in [6.45, 7) is 0.645. The Morgan fingerprint density at radius 2 is 2.18 bits per heavy atom. The largest absolute Gasteiger partial charge is 0.394 e. The van der Waals surface area contributed by atoms with Crippen molar-refractivity contribution in [2.45, 2.75) is 31.7 Å². The van der Waals surface area contributed by atoms with Gasteiger partial charge in [-0.1, -0.05) is 0 Å². The Morgan fingerprint density at radius 1 is 1.50 bits per heavy atom. The molecule has 0 radical (unpaired) electrons. The molecule has 1 atom stereocenters. The first-order valence-electron chi connectivity index (χ1n) is 7.03. The summed E-state index contributed by atoms with van der Waals surface area (Å²) in [5, 5.41) is 9.80. The van der Waals surface area contributed by atoms with Gasteiger partial charge in [0.25, 0.3) is 11.5 Å². The van der Waals surface area contributed by atoms with Crippen LogP contribution in [0, 0.1) is 5.92 Å². The van der Waals surface area contributed by atoms with E-state index >= 15 is 0 Å². The molecule has 1 saturated carbocycles. The molecule has 0 aliphatic heterocycles. The number of halogens is 3. The number of aliphatic hydroxyl groups excluding tert-OH is 1. The highest BCUT2D eigenvalue weighted by Gasteiger charge is 2.33. The Kier molecular flexibility index (Phi) is 3.81. The third-order valence-electron chi connectivity index (χ3n) is 4.00. The van der Waals surface area contributed by atoms with Gasteiger partial charge in [-0.3, -0.25) is 4.79 Å². The quantitative estimate of drug-likeness (QED) is 0.896. The average molecular weight is 373 g/mol. The summed E-state index contributed by atoms with van der Waals surface area (Å²) in [7, 11) is 0. The Morgan fingerprint density at radius 3 is 2.73 bits per heavy atom. The van der Waals surface area contributed by atoms with E-state index in [9.17, 15) is 18.7 Å². The SMILES string of the molecule is CC(F)(F)c1ccc2c(=O)n(C(CO)C3CC3)cc(Br)c2n1. The van der Waals surface area contributed by atoms with Crippen LogP contribution in [-0.4, -0.2) is 21.3 Å². The van der Waals surface area contributed by atoms with E-state index in [4.69, 9.17) is 0 Å². The molecule has 2 aromatic rings. The number of aromatic nitrogens is 2. The number of nitrogens with zero attached hydrogens (tertiary/aromatic N) is 2. The van der Waals surface area contributed by atoms with Crippen molar-refractivity contribution in [2.75, 3.05) is 6.61 Å². The Bertz CT molecular complexity index is 781. The Balaban J connectivity index is 2.20. The zero-order valence-corrected chi connectivity index (χ0v) is 13.5. The van der Waals surface area contributed by atoms with Crippen LogP contribution in [0.5, 0.6) is 0 Å². The van der Waals surface area contributed by atoms with Gasteiger partial charge in [0, 0.05) is 13.1 Å². The number of rotatable bonds is 4. The Labute approximate surface area is 133 Å². The third kappa shape index (κ3) is 2.67. The van der Waals surface area contributed by atoms with Gasteiger partial charge in [-0.25, -0.2) is 4.98 Å². The molecule has 0 saturated heterocycles. The zero-order chi connectivity index (χ0) is 16.1. The summed E-state index contributed by atoms with van der Waals surface area (Å²) < 4.78 is 28.7. The van der Waals surface area contributed by atoms with Gasteiger partial charge in [-0.2, -0.15) is 8.78 Å². The van der Waals surface area contributed by atoms with Crippen LogP contribution in [0.1, 0.15) is 31.5 Å². The van der Waals surface area contributed by atoms with E-state index in [-0.39, 0.29) is 34.8 Å². The first kappa shape index (κ1) is 15.6. The van der Waals surface area contributed by atoms with Crippen molar-refractivity contribution >= 4 is 26.8 Å². The van der Waals surface area contributed by atoms with Crippen LogP contribution in [0.15, 0.2) is 27.6 Å². The molecule has 1 aliphatic rings. The molecule has 1 aliphatic carbocycles. The minimum absolute atomic E-state index is 0.124. The number of hydrogen-bond acceptors (Lipinski definition) is 3. The van der Waals surface area contributed by atoms with Gasteiger partial charge in [-0.05, 0) is 46.8 Å². The fraction of sp³-hybridized carbons (Fsp3) is 0.467. The van der Waals surface area contributed by atoms with Crippen molar-refractivity contribution in [3.63, 3.8) is 0 Å². The third-order valence-corrected chi connectivity index (χ3v) is 4.58. The van der Waals surface area contributed by atoms with Gasteiger partial charge in [0.15, 0.2) is 0 Å². The highest BCUT2D eigenvalue weighted by atomic mass is 79.9. The second-order valence-electron chi connectivity index (χ2n) is 5.76. The van der Waals surface area contributed by atoms with Gasteiger partial charge < -0.3 is 9.67 Å². The maximum Gasteiger partial charge on any atom is 0.286 e. The van der Waals surface area contributed by atoms with E-state index in [2.05, 4.69) is 20.9 Å². The lowest BCUT2D eigenvalue weighted by Gasteiger charge is -2.18. The van der Waals surface area contributed by atoms with Gasteiger partial charge in [-0.15, -0.1) is 0 Å². The van der Waals surface area contributed by atoms with Crippen molar-refractivity contribution in [2.24, 2.45) is 5.92 Å². The van der Waals surface area contributed by atoms with E-state index < -0.39 is 5.92 Å². The average Bonchev–Trinajstić information content (AvgIpc) is 3.28. The van der Waals surface area contributed by atoms with Crippen LogP contribution in [0.4, 0.5) is 8.78 Å². The molecule has 0 aromatic carbocycles. The number of alkyl halides is 2. The Hall–Kier alpha value is -1.34. The number of pyridine rings is 2. The maximum absolute atomic E-state index is 13.4. The summed E-state index contributed by atoms with van der Waals surface area (Å²) in [6, 6.07) is 2.27. The fourth-order valence-corrected chi connectivity index (χ4v) is 3.15. The lowest BCUT2D eigenvalue weighted by Crippen LogP contribution is -2.28. The molecule has 7 heteroatoms. The summed E-state index contributed by atoms with van der Waals surface area (Å²) in [4.78, 5) is 16.5. The van der Waals surface area contributed by atoms with E-state index in [1.165, 1.54) is 22.9 Å². The van der Waals surface area contributed by atoms with Gasteiger partial charge >= 0.3 is 0 Å². The number of aliphatic hydroxyl groups is 1. The topological polar surface area (TPSA) is 55.1 Å². The summed E-state index contributed by atoms with van der Waals surface area (Å²) in [6.07, 6.45) is 3.49. The van der Waals surface area contributed by atoms with Crippen molar-refractivity contribution < 1.29 is 13.9 Å². The monoisotopic (exact) mass is 372 g/mol. The maximum atomic E-state index is 13.4. The highest BCUT2D eigenvalue weighted by molar-refractivity contribution is 9.10. The van der Waals surface area contributed by atoms with Crippen LogP contribution in [0.25, 0.3) is 10.9 Å². The fourth-order valence-electron chi connectivity index (χ4n) is 2.63. The van der Waals surface area contributed by atoms with Gasteiger partial charge in [0.1, 0.15) is 5.69 Å². The zero-order valence-electron chi connectivity index (χ0n) is 11.9.